The first-order chi connectivity index (χ1) is 16.4. The van der Waals surface area contributed by atoms with Crippen LogP contribution in [-0.4, -0.2) is 40.6 Å². The second-order valence-corrected chi connectivity index (χ2v) is 9.04. The van der Waals surface area contributed by atoms with Crippen LogP contribution in [0.2, 0.25) is 0 Å². The molecule has 0 saturated heterocycles. The molecule has 8 nitrogen and oxygen atoms in total. The molecule has 1 aliphatic rings. The first kappa shape index (κ1) is 23.7. The summed E-state index contributed by atoms with van der Waals surface area (Å²) < 4.78 is 25.2. The van der Waals surface area contributed by atoms with E-state index in [1.807, 2.05) is 0 Å². The topological polar surface area (TPSA) is 107 Å². The highest BCUT2D eigenvalue weighted by atomic mass is 79.9. The number of hydrazone groups is 1. The van der Waals surface area contributed by atoms with Crippen molar-refractivity contribution in [3.05, 3.63) is 87.9 Å². The molecule has 3 aromatic rings. The number of ether oxygens (including phenoxy) is 2. The van der Waals surface area contributed by atoms with Gasteiger partial charge in [0.1, 0.15) is 16.2 Å². The van der Waals surface area contributed by atoms with Crippen molar-refractivity contribution in [3.8, 4) is 11.5 Å². The fourth-order valence-electron chi connectivity index (χ4n) is 3.24. The Hall–Kier alpha value is -3.44. The molecule has 0 radical (unpaired) electrons. The highest BCUT2D eigenvalue weighted by Crippen LogP contribution is 2.47. The van der Waals surface area contributed by atoms with Crippen LogP contribution in [0.5, 0.6) is 11.5 Å². The number of methoxy groups -OCH3 is 1. The number of nitrogens with two attached hydrogens (primary N) is 1. The minimum Gasteiger partial charge on any atom is -0.493 e. The lowest BCUT2D eigenvalue weighted by molar-refractivity contribution is -0.120. The van der Waals surface area contributed by atoms with Gasteiger partial charge in [0.05, 0.1) is 12.7 Å². The van der Waals surface area contributed by atoms with Crippen LogP contribution in [0.15, 0.2) is 70.5 Å². The lowest BCUT2D eigenvalue weighted by Gasteiger charge is -2.24. The van der Waals surface area contributed by atoms with E-state index in [0.717, 1.165) is 0 Å². The lowest BCUT2D eigenvalue weighted by atomic mass is 10.1. The van der Waals surface area contributed by atoms with Crippen LogP contribution >= 0.6 is 27.7 Å². The standard InChI is InChI=1S/C23H18BrFN4O4S/c1-32-18-4-2-3-17(20(18)33-12-19(26)30)23-29(22(31)14-9-15(24)11-27-10-14)28-21(34-23)13-5-7-16(25)8-6-13/h2-11,23H,12H2,1H3,(H2,26,30). The minimum atomic E-state index is -0.676. The molecule has 4 rings (SSSR count). The average Bonchev–Trinajstić information content (AvgIpc) is 3.27. The molecule has 0 aliphatic carbocycles. The molecule has 34 heavy (non-hydrogen) atoms. The smallest absolute Gasteiger partial charge is 0.277 e. The van der Waals surface area contributed by atoms with Gasteiger partial charge < -0.3 is 15.2 Å². The SMILES string of the molecule is COc1cccc(C2SC(c3ccc(F)cc3)=NN2C(=O)c2cncc(Br)c2)c1OCC(N)=O. The minimum absolute atomic E-state index is 0.266. The van der Waals surface area contributed by atoms with Crippen molar-refractivity contribution in [3.63, 3.8) is 0 Å². The number of nitrogens with zero attached hydrogens (tertiary/aromatic N) is 3. The summed E-state index contributed by atoms with van der Waals surface area (Å²) in [5.74, 6) is -0.820. The molecule has 0 saturated carbocycles. The van der Waals surface area contributed by atoms with Gasteiger partial charge in [0.15, 0.2) is 18.1 Å². The van der Waals surface area contributed by atoms with Crippen LogP contribution in [0.4, 0.5) is 4.39 Å². The van der Waals surface area contributed by atoms with E-state index in [4.69, 9.17) is 15.2 Å². The zero-order chi connectivity index (χ0) is 24.2. The third-order valence-corrected chi connectivity index (χ3v) is 6.40. The van der Waals surface area contributed by atoms with Gasteiger partial charge in [0.25, 0.3) is 11.8 Å². The first-order valence-electron chi connectivity index (χ1n) is 9.90. The van der Waals surface area contributed by atoms with E-state index >= 15 is 0 Å². The summed E-state index contributed by atoms with van der Waals surface area (Å²) in [6.07, 6.45) is 3.01. The fourth-order valence-corrected chi connectivity index (χ4v) is 4.78. The average molecular weight is 545 g/mol. The highest BCUT2D eigenvalue weighted by Gasteiger charge is 2.37. The van der Waals surface area contributed by atoms with E-state index in [2.05, 4.69) is 26.0 Å². The number of carbonyl (C=O) groups excluding carboxylic acids is 2. The van der Waals surface area contributed by atoms with Crippen molar-refractivity contribution in [2.24, 2.45) is 10.8 Å². The molecule has 1 atom stereocenters. The number of para-hydroxylation sites is 1. The Bertz CT molecular complexity index is 1270. The number of hydrogen-bond acceptors (Lipinski definition) is 7. The number of pyridine rings is 1. The second-order valence-electron chi connectivity index (χ2n) is 7.06. The van der Waals surface area contributed by atoms with E-state index in [1.165, 1.54) is 42.2 Å². The summed E-state index contributed by atoms with van der Waals surface area (Å²) in [4.78, 5) is 28.9. The zero-order valence-corrected chi connectivity index (χ0v) is 20.2. The predicted molar refractivity (Wildman–Crippen MR) is 129 cm³/mol. The molecular weight excluding hydrogens is 527 g/mol. The number of carbonyl (C=O) groups is 2. The Labute approximate surface area is 207 Å². The van der Waals surface area contributed by atoms with Gasteiger partial charge in [0, 0.05) is 28.0 Å². The third-order valence-electron chi connectivity index (χ3n) is 4.75. The molecule has 1 aliphatic heterocycles. The van der Waals surface area contributed by atoms with Crippen molar-refractivity contribution in [2.75, 3.05) is 13.7 Å². The molecule has 11 heteroatoms. The number of primary amides is 1. The van der Waals surface area contributed by atoms with Crippen molar-refractivity contribution in [2.45, 2.75) is 5.37 Å². The fraction of sp³-hybridized carbons (Fsp3) is 0.130. The van der Waals surface area contributed by atoms with Crippen LogP contribution < -0.4 is 15.2 Å². The second kappa shape index (κ2) is 10.2. The Morgan fingerprint density at radius 3 is 2.65 bits per heavy atom. The van der Waals surface area contributed by atoms with Crippen molar-refractivity contribution in [1.29, 1.82) is 0 Å². The molecule has 1 unspecified atom stereocenters. The number of benzene rings is 2. The summed E-state index contributed by atoms with van der Waals surface area (Å²) in [5, 5.41) is 5.69. The zero-order valence-electron chi connectivity index (χ0n) is 17.8. The van der Waals surface area contributed by atoms with Gasteiger partial charge in [-0.25, -0.2) is 9.40 Å². The van der Waals surface area contributed by atoms with E-state index in [0.29, 0.717) is 32.0 Å². The maximum absolute atomic E-state index is 13.5. The molecule has 2 aromatic carbocycles. The van der Waals surface area contributed by atoms with Gasteiger partial charge in [-0.2, -0.15) is 5.10 Å². The van der Waals surface area contributed by atoms with Crippen LogP contribution in [0, 0.1) is 5.82 Å². The summed E-state index contributed by atoms with van der Waals surface area (Å²) >= 11 is 4.60. The number of halogens is 2. The van der Waals surface area contributed by atoms with Crippen molar-refractivity contribution in [1.82, 2.24) is 9.99 Å². The molecule has 1 aromatic heterocycles. The number of thioether (sulfide) groups is 1. The highest BCUT2D eigenvalue weighted by molar-refractivity contribution is 9.10. The summed E-state index contributed by atoms with van der Waals surface area (Å²) in [5.41, 5.74) is 6.77. The summed E-state index contributed by atoms with van der Waals surface area (Å²) in [6.45, 7) is -0.375. The maximum Gasteiger partial charge on any atom is 0.277 e. The number of amides is 2. The van der Waals surface area contributed by atoms with Gasteiger partial charge in [-0.05, 0) is 52.3 Å². The Morgan fingerprint density at radius 2 is 1.97 bits per heavy atom. The van der Waals surface area contributed by atoms with Gasteiger partial charge in [0.2, 0.25) is 0 Å². The Morgan fingerprint density at radius 1 is 1.21 bits per heavy atom. The lowest BCUT2D eigenvalue weighted by Crippen LogP contribution is -2.27. The summed E-state index contributed by atoms with van der Waals surface area (Å²) in [7, 11) is 1.47. The van der Waals surface area contributed by atoms with E-state index in [1.54, 1.807) is 42.6 Å². The molecule has 0 bridgehead atoms. The third kappa shape index (κ3) is 5.05. The molecule has 0 fully saturated rings. The summed E-state index contributed by atoms with van der Waals surface area (Å²) in [6, 6.07) is 12.6. The van der Waals surface area contributed by atoms with Crippen LogP contribution in [0.25, 0.3) is 0 Å². The van der Waals surface area contributed by atoms with E-state index in [9.17, 15) is 14.0 Å². The molecule has 0 spiro atoms. The first-order valence-corrected chi connectivity index (χ1v) is 11.6. The van der Waals surface area contributed by atoms with Crippen LogP contribution in [0.3, 0.4) is 0 Å². The normalized spacial score (nSPS) is 15.1. The van der Waals surface area contributed by atoms with E-state index in [-0.39, 0.29) is 18.2 Å². The quantitative estimate of drug-likeness (QED) is 0.479. The van der Waals surface area contributed by atoms with Crippen molar-refractivity contribution >= 4 is 44.5 Å². The van der Waals surface area contributed by atoms with Crippen LogP contribution in [-0.2, 0) is 4.79 Å². The number of aromatic nitrogens is 1. The number of rotatable bonds is 7. The maximum atomic E-state index is 13.5. The largest absolute Gasteiger partial charge is 0.493 e. The van der Waals surface area contributed by atoms with Gasteiger partial charge in [-0.3, -0.25) is 14.6 Å². The monoisotopic (exact) mass is 544 g/mol. The molecule has 174 valence electrons. The van der Waals surface area contributed by atoms with Crippen molar-refractivity contribution < 1.29 is 23.5 Å². The van der Waals surface area contributed by atoms with Crippen LogP contribution in [0.1, 0.15) is 26.9 Å². The Balaban J connectivity index is 1.79. The van der Waals surface area contributed by atoms with Gasteiger partial charge >= 0.3 is 0 Å². The van der Waals surface area contributed by atoms with Gasteiger partial charge in [-0.1, -0.05) is 23.9 Å². The molecule has 2 amide bonds. The van der Waals surface area contributed by atoms with Gasteiger partial charge in [-0.15, -0.1) is 0 Å². The van der Waals surface area contributed by atoms with E-state index < -0.39 is 17.2 Å². The molecular formula is C23H18BrFN4O4S. The number of hydrogen-bond donors (Lipinski definition) is 1. The molecule has 2 N–H and O–H groups in total. The Kier molecular flexibility index (Phi) is 7.13. The molecule has 2 heterocycles. The predicted octanol–water partition coefficient (Wildman–Crippen LogP) is 4.11.